The van der Waals surface area contributed by atoms with E-state index >= 15 is 0 Å². The van der Waals surface area contributed by atoms with Crippen molar-refractivity contribution in [1.82, 2.24) is 0 Å². The molecule has 0 saturated carbocycles. The molecule has 0 bridgehead atoms. The molecule has 0 unspecified atom stereocenters. The maximum absolute atomic E-state index is 11.4. The van der Waals surface area contributed by atoms with Gasteiger partial charge in [-0.15, -0.1) is 0 Å². The molecule has 32 heavy (non-hydrogen) atoms. The number of carboxylic acid groups (broad SMARTS) is 1. The minimum absolute atomic E-state index is 0.136. The molecule has 6 heteroatoms. The number of nitrogens with zero attached hydrogens (tertiary/aromatic N) is 1. The molecule has 0 aliphatic carbocycles. The third kappa shape index (κ3) is 6.62. The zero-order chi connectivity index (χ0) is 23.7. The van der Waals surface area contributed by atoms with Gasteiger partial charge in [0.1, 0.15) is 11.5 Å². The zero-order valence-corrected chi connectivity index (χ0v) is 19.4. The van der Waals surface area contributed by atoms with Crippen LogP contribution >= 0.6 is 0 Å². The minimum Gasteiger partial charge on any atom is -0.512 e. The number of aliphatic hydroxyl groups is 1. The molecule has 0 aliphatic heterocycles. The molecule has 4 N–H and O–H groups in total. The molecular weight excluding hydrogens is 404 g/mol. The number of hydrogen-bond acceptors (Lipinski definition) is 5. The largest absolute Gasteiger partial charge is 0.512 e. The van der Waals surface area contributed by atoms with Crippen molar-refractivity contribution in [3.63, 3.8) is 0 Å². The molecule has 0 saturated heterocycles. The lowest BCUT2D eigenvalue weighted by Gasteiger charge is -2.22. The Balaban J connectivity index is 2.47. The van der Waals surface area contributed by atoms with Crippen LogP contribution in [0, 0.1) is 0 Å². The zero-order valence-electron chi connectivity index (χ0n) is 19.4. The second-order valence-electron chi connectivity index (χ2n) is 7.51. The number of rotatable bonds is 11. The molecule has 2 aromatic carbocycles. The highest BCUT2D eigenvalue weighted by molar-refractivity contribution is 5.76. The molecule has 0 fully saturated rings. The summed E-state index contributed by atoms with van der Waals surface area (Å²) >= 11 is 0. The van der Waals surface area contributed by atoms with Gasteiger partial charge < -0.3 is 25.6 Å². The summed E-state index contributed by atoms with van der Waals surface area (Å²) in [6, 6.07) is 13.3. The number of aliphatic carboxylic acids is 1. The van der Waals surface area contributed by atoms with Crippen molar-refractivity contribution in [2.45, 2.75) is 47.1 Å². The van der Waals surface area contributed by atoms with Crippen molar-refractivity contribution in [3.05, 3.63) is 76.7 Å². The van der Waals surface area contributed by atoms with Crippen molar-refractivity contribution >= 4 is 17.2 Å². The summed E-state index contributed by atoms with van der Waals surface area (Å²) in [5.41, 5.74) is 9.80. The van der Waals surface area contributed by atoms with Gasteiger partial charge in [0.25, 0.3) is 0 Å². The van der Waals surface area contributed by atoms with E-state index in [2.05, 4.69) is 18.7 Å². The lowest BCUT2D eigenvalue weighted by Crippen LogP contribution is -2.21. The first-order valence-electron chi connectivity index (χ1n) is 11.0. The van der Waals surface area contributed by atoms with Gasteiger partial charge >= 0.3 is 5.97 Å². The standard InChI is InChI=1S/C26H34N2O4/c1-5-24(29)23(20-10-8-9-19(14-20)17-27)13-18(4)32-25-16-22(28(6-2)7-3)12-11-21(25)15-26(30)31/h8-14,16,29H,5-7,15,17,27H2,1-4H3,(H,30,31)/b18-13+,24-23-. The molecule has 0 radical (unpaired) electrons. The molecular formula is C26H34N2O4. The summed E-state index contributed by atoms with van der Waals surface area (Å²) < 4.78 is 6.13. The fourth-order valence-corrected chi connectivity index (χ4v) is 3.53. The molecule has 0 heterocycles. The number of allylic oxidation sites excluding steroid dienone is 4. The lowest BCUT2D eigenvalue weighted by atomic mass is 10.0. The monoisotopic (exact) mass is 438 g/mol. The number of ether oxygens (including phenoxy) is 1. The van der Waals surface area contributed by atoms with Gasteiger partial charge in [0.15, 0.2) is 0 Å². The van der Waals surface area contributed by atoms with Gasteiger partial charge in [0.05, 0.1) is 12.2 Å². The number of benzene rings is 2. The Labute approximate surface area is 190 Å². The van der Waals surface area contributed by atoms with Crippen LogP contribution in [0.3, 0.4) is 0 Å². The lowest BCUT2D eigenvalue weighted by molar-refractivity contribution is -0.136. The van der Waals surface area contributed by atoms with E-state index in [1.165, 1.54) is 0 Å². The van der Waals surface area contributed by atoms with Crippen molar-refractivity contribution in [2.75, 3.05) is 18.0 Å². The molecule has 0 aliphatic rings. The van der Waals surface area contributed by atoms with Crippen molar-refractivity contribution < 1.29 is 19.7 Å². The predicted octanol–water partition coefficient (Wildman–Crippen LogP) is 5.28. The van der Waals surface area contributed by atoms with Crippen LogP contribution in [0.1, 0.15) is 50.8 Å². The Morgan fingerprint density at radius 2 is 1.81 bits per heavy atom. The van der Waals surface area contributed by atoms with Crippen LogP contribution in [0.15, 0.2) is 60.1 Å². The molecule has 2 rings (SSSR count). The number of carboxylic acids is 1. The van der Waals surface area contributed by atoms with Gasteiger partial charge in [-0.2, -0.15) is 0 Å². The first-order valence-corrected chi connectivity index (χ1v) is 11.0. The molecule has 0 spiro atoms. The summed E-state index contributed by atoms with van der Waals surface area (Å²) in [5, 5.41) is 19.9. The minimum atomic E-state index is -0.921. The summed E-state index contributed by atoms with van der Waals surface area (Å²) in [6.07, 6.45) is 2.11. The van der Waals surface area contributed by atoms with Crippen LogP contribution in [0.2, 0.25) is 0 Å². The van der Waals surface area contributed by atoms with Crippen molar-refractivity contribution in [2.24, 2.45) is 5.73 Å². The Morgan fingerprint density at radius 3 is 2.41 bits per heavy atom. The number of hydrogen-bond donors (Lipinski definition) is 3. The Hall–Kier alpha value is -3.25. The van der Waals surface area contributed by atoms with Crippen LogP contribution in [0.5, 0.6) is 5.75 Å². The molecule has 6 nitrogen and oxygen atoms in total. The van der Waals surface area contributed by atoms with E-state index in [4.69, 9.17) is 10.5 Å². The molecule has 172 valence electrons. The highest BCUT2D eigenvalue weighted by atomic mass is 16.5. The SMILES string of the molecule is CC/C(O)=C(\C=C(/C)Oc1cc(N(CC)CC)ccc1CC(=O)O)c1cccc(CN)c1. The van der Waals surface area contributed by atoms with Gasteiger partial charge in [-0.3, -0.25) is 4.79 Å². The quantitative estimate of drug-likeness (QED) is 0.326. The third-order valence-corrected chi connectivity index (χ3v) is 5.26. The second-order valence-corrected chi connectivity index (χ2v) is 7.51. The smallest absolute Gasteiger partial charge is 0.307 e. The Morgan fingerprint density at radius 1 is 1.09 bits per heavy atom. The van der Waals surface area contributed by atoms with Gasteiger partial charge in [-0.25, -0.2) is 0 Å². The van der Waals surface area contributed by atoms with Crippen LogP contribution in [0.4, 0.5) is 5.69 Å². The molecule has 2 aromatic rings. The highest BCUT2D eigenvalue weighted by Gasteiger charge is 2.14. The number of nitrogens with two attached hydrogens (primary N) is 1. The van der Waals surface area contributed by atoms with Crippen LogP contribution in [-0.4, -0.2) is 29.3 Å². The van der Waals surface area contributed by atoms with Gasteiger partial charge in [-0.05, 0) is 50.1 Å². The highest BCUT2D eigenvalue weighted by Crippen LogP contribution is 2.30. The number of aliphatic hydroxyl groups excluding tert-OH is 1. The Bertz CT molecular complexity index is 991. The summed E-state index contributed by atoms with van der Waals surface area (Å²) in [6.45, 7) is 9.88. The number of anilines is 1. The van der Waals surface area contributed by atoms with Crippen molar-refractivity contribution in [3.8, 4) is 5.75 Å². The summed E-state index contributed by atoms with van der Waals surface area (Å²) in [7, 11) is 0. The van der Waals surface area contributed by atoms with E-state index in [0.29, 0.717) is 35.6 Å². The number of carbonyl (C=O) groups is 1. The van der Waals surface area contributed by atoms with E-state index in [-0.39, 0.29) is 12.2 Å². The average Bonchev–Trinajstić information content (AvgIpc) is 2.79. The molecule has 0 atom stereocenters. The normalized spacial score (nSPS) is 12.3. The summed E-state index contributed by atoms with van der Waals surface area (Å²) in [4.78, 5) is 13.5. The van der Waals surface area contributed by atoms with Crippen LogP contribution in [0.25, 0.3) is 5.57 Å². The van der Waals surface area contributed by atoms with Crippen LogP contribution in [-0.2, 0) is 17.8 Å². The molecule has 0 aromatic heterocycles. The fraction of sp³-hybridized carbons (Fsp3) is 0.346. The van der Waals surface area contributed by atoms with E-state index in [9.17, 15) is 15.0 Å². The van der Waals surface area contributed by atoms with E-state index in [1.54, 1.807) is 19.1 Å². The third-order valence-electron chi connectivity index (χ3n) is 5.26. The van der Waals surface area contributed by atoms with Gasteiger partial charge in [-0.1, -0.05) is 31.2 Å². The second kappa shape index (κ2) is 12.0. The van der Waals surface area contributed by atoms with Crippen molar-refractivity contribution in [1.29, 1.82) is 0 Å². The summed E-state index contributed by atoms with van der Waals surface area (Å²) in [5.74, 6) is 0.359. The maximum atomic E-state index is 11.4. The maximum Gasteiger partial charge on any atom is 0.307 e. The fourth-order valence-electron chi connectivity index (χ4n) is 3.53. The van der Waals surface area contributed by atoms with E-state index < -0.39 is 5.97 Å². The predicted molar refractivity (Wildman–Crippen MR) is 130 cm³/mol. The Kier molecular flexibility index (Phi) is 9.35. The van der Waals surface area contributed by atoms with Crippen LogP contribution < -0.4 is 15.4 Å². The van der Waals surface area contributed by atoms with E-state index in [0.717, 1.165) is 29.9 Å². The van der Waals surface area contributed by atoms with E-state index in [1.807, 2.05) is 43.3 Å². The molecule has 0 amide bonds. The van der Waals surface area contributed by atoms with Gasteiger partial charge in [0.2, 0.25) is 0 Å². The first kappa shape index (κ1) is 25.0. The average molecular weight is 439 g/mol. The van der Waals surface area contributed by atoms with Gasteiger partial charge in [0, 0.05) is 48.9 Å². The first-order chi connectivity index (χ1) is 15.3. The topological polar surface area (TPSA) is 96.0 Å².